The minimum Gasteiger partial charge on any atom is -0.323 e. The van der Waals surface area contributed by atoms with Crippen LogP contribution < -0.4 is 10.6 Å². The first-order valence-electron chi connectivity index (χ1n) is 3.21. The van der Waals surface area contributed by atoms with Crippen molar-refractivity contribution >= 4 is 23.7 Å². The molecular weight excluding hydrogens is 164 g/mol. The molecule has 0 aromatic heterocycles. The van der Waals surface area contributed by atoms with Crippen molar-refractivity contribution in [2.24, 2.45) is 0 Å². The summed E-state index contributed by atoms with van der Waals surface area (Å²) in [5, 5.41) is 4.75. The lowest BCUT2D eigenvalue weighted by Crippen LogP contribution is -2.45. The highest BCUT2D eigenvalue weighted by atomic mass is 32.2. The van der Waals surface area contributed by atoms with Crippen molar-refractivity contribution < 1.29 is 9.59 Å². The van der Waals surface area contributed by atoms with Gasteiger partial charge in [0.25, 0.3) is 5.91 Å². The van der Waals surface area contributed by atoms with Crippen LogP contribution in [-0.2, 0) is 4.79 Å². The lowest BCUT2D eigenvalue weighted by molar-refractivity contribution is -0.122. The minimum absolute atomic E-state index is 0.239. The van der Waals surface area contributed by atoms with Crippen LogP contribution in [0.4, 0.5) is 4.79 Å². The Balaban J connectivity index is 2.70. The van der Waals surface area contributed by atoms with Gasteiger partial charge in [-0.25, -0.2) is 4.79 Å². The topological polar surface area (TPSA) is 58.2 Å². The second kappa shape index (κ2) is 2.73. The summed E-state index contributed by atoms with van der Waals surface area (Å²) in [6.45, 7) is 1.71. The molecule has 0 saturated carbocycles. The molecule has 11 heavy (non-hydrogen) atoms. The molecule has 1 aliphatic rings. The largest absolute Gasteiger partial charge is 0.323 e. The molecule has 1 saturated heterocycles. The summed E-state index contributed by atoms with van der Waals surface area (Å²) in [6, 6.07) is -0.397. The molecule has 3 amide bonds. The first kappa shape index (κ1) is 8.39. The molecule has 0 bridgehead atoms. The van der Waals surface area contributed by atoms with Crippen molar-refractivity contribution in [2.45, 2.75) is 12.5 Å². The fourth-order valence-electron chi connectivity index (χ4n) is 0.970. The van der Waals surface area contributed by atoms with E-state index >= 15 is 0 Å². The molecule has 0 aliphatic carbocycles. The average molecular weight is 174 g/mol. The molecule has 0 aromatic carbocycles. The molecule has 4 nitrogen and oxygen atoms in total. The van der Waals surface area contributed by atoms with Crippen molar-refractivity contribution in [1.29, 1.82) is 0 Å². The van der Waals surface area contributed by atoms with E-state index in [9.17, 15) is 9.59 Å². The quantitative estimate of drug-likeness (QED) is 0.577. The zero-order chi connectivity index (χ0) is 8.48. The summed E-state index contributed by atoms with van der Waals surface area (Å²) in [4.78, 5) is 21.8. The number of rotatable bonds is 2. The molecule has 0 aromatic rings. The summed E-state index contributed by atoms with van der Waals surface area (Å²) >= 11 is 1.53. The van der Waals surface area contributed by atoms with Gasteiger partial charge in [0.15, 0.2) is 0 Å². The van der Waals surface area contributed by atoms with E-state index in [4.69, 9.17) is 0 Å². The Labute approximate surface area is 69.1 Å². The zero-order valence-corrected chi connectivity index (χ0v) is 7.25. The van der Waals surface area contributed by atoms with Gasteiger partial charge < -0.3 is 5.32 Å². The Morgan fingerprint density at radius 3 is 2.55 bits per heavy atom. The second-order valence-electron chi connectivity index (χ2n) is 2.67. The smallest absolute Gasteiger partial charge is 0.322 e. The van der Waals surface area contributed by atoms with Gasteiger partial charge in [0.2, 0.25) is 0 Å². The predicted molar refractivity (Wildman–Crippen MR) is 43.5 cm³/mol. The van der Waals surface area contributed by atoms with Crippen LogP contribution in [0.25, 0.3) is 0 Å². The number of hydrogen-bond donors (Lipinski definition) is 2. The predicted octanol–water partition coefficient (Wildman–Crippen LogP) is -0.0525. The third-order valence-electron chi connectivity index (χ3n) is 1.55. The van der Waals surface area contributed by atoms with E-state index in [-0.39, 0.29) is 5.91 Å². The molecule has 1 fully saturated rings. The van der Waals surface area contributed by atoms with Gasteiger partial charge >= 0.3 is 6.03 Å². The van der Waals surface area contributed by atoms with Gasteiger partial charge in [0.05, 0.1) is 0 Å². The van der Waals surface area contributed by atoms with E-state index in [1.54, 1.807) is 6.92 Å². The number of carbonyl (C=O) groups excluding carboxylic acids is 2. The molecule has 1 aliphatic heterocycles. The first-order chi connectivity index (χ1) is 5.08. The van der Waals surface area contributed by atoms with Crippen LogP contribution in [0.1, 0.15) is 6.92 Å². The third kappa shape index (κ3) is 1.48. The third-order valence-corrected chi connectivity index (χ3v) is 2.42. The van der Waals surface area contributed by atoms with Gasteiger partial charge in [0, 0.05) is 5.75 Å². The number of urea groups is 1. The SMILES string of the molecule is CSCC1(C)NC(=O)NC1=O. The summed E-state index contributed by atoms with van der Waals surface area (Å²) in [7, 11) is 0. The number of nitrogens with one attached hydrogen (secondary N) is 2. The average Bonchev–Trinajstić information content (AvgIpc) is 2.08. The van der Waals surface area contributed by atoms with E-state index < -0.39 is 11.6 Å². The van der Waals surface area contributed by atoms with Crippen molar-refractivity contribution in [3.63, 3.8) is 0 Å². The van der Waals surface area contributed by atoms with Crippen molar-refractivity contribution in [3.8, 4) is 0 Å². The van der Waals surface area contributed by atoms with Crippen LogP contribution in [0.2, 0.25) is 0 Å². The zero-order valence-electron chi connectivity index (χ0n) is 6.43. The summed E-state index contributed by atoms with van der Waals surface area (Å²) in [6.07, 6.45) is 1.89. The van der Waals surface area contributed by atoms with Gasteiger partial charge in [-0.15, -0.1) is 0 Å². The molecule has 2 N–H and O–H groups in total. The lowest BCUT2D eigenvalue weighted by atomic mass is 10.1. The molecular formula is C6H10N2O2S. The molecule has 0 radical (unpaired) electrons. The van der Waals surface area contributed by atoms with Crippen molar-refractivity contribution in [1.82, 2.24) is 10.6 Å². The number of thioether (sulfide) groups is 1. The van der Waals surface area contributed by atoms with E-state index in [2.05, 4.69) is 10.6 Å². The first-order valence-corrected chi connectivity index (χ1v) is 4.60. The van der Waals surface area contributed by atoms with Crippen molar-refractivity contribution in [2.75, 3.05) is 12.0 Å². The minimum atomic E-state index is -0.712. The summed E-state index contributed by atoms with van der Waals surface area (Å²) < 4.78 is 0. The Bertz CT molecular complexity index is 207. The maximum absolute atomic E-state index is 11.1. The number of imide groups is 1. The van der Waals surface area contributed by atoms with E-state index in [0.29, 0.717) is 5.75 Å². The lowest BCUT2D eigenvalue weighted by Gasteiger charge is -2.18. The van der Waals surface area contributed by atoms with Crippen LogP contribution in [0, 0.1) is 0 Å². The van der Waals surface area contributed by atoms with Crippen LogP contribution in [-0.4, -0.2) is 29.5 Å². The van der Waals surface area contributed by atoms with Crippen LogP contribution in [0.5, 0.6) is 0 Å². The maximum Gasteiger partial charge on any atom is 0.322 e. The van der Waals surface area contributed by atoms with Gasteiger partial charge in [-0.3, -0.25) is 10.1 Å². The second-order valence-corrected chi connectivity index (χ2v) is 3.54. The normalized spacial score (nSPS) is 30.0. The molecule has 0 spiro atoms. The van der Waals surface area contributed by atoms with Gasteiger partial charge in [-0.05, 0) is 13.2 Å². The van der Waals surface area contributed by atoms with Crippen LogP contribution in [0.15, 0.2) is 0 Å². The molecule has 5 heteroatoms. The van der Waals surface area contributed by atoms with Gasteiger partial charge in [-0.2, -0.15) is 11.8 Å². The Morgan fingerprint density at radius 2 is 2.18 bits per heavy atom. The highest BCUT2D eigenvalue weighted by Crippen LogP contribution is 2.14. The van der Waals surface area contributed by atoms with Crippen molar-refractivity contribution in [3.05, 3.63) is 0 Å². The summed E-state index contributed by atoms with van der Waals surface area (Å²) in [5.74, 6) is 0.363. The van der Waals surface area contributed by atoms with Crippen LogP contribution in [0.3, 0.4) is 0 Å². The van der Waals surface area contributed by atoms with E-state index in [0.717, 1.165) is 0 Å². The van der Waals surface area contributed by atoms with Crippen LogP contribution >= 0.6 is 11.8 Å². The molecule has 1 unspecified atom stereocenters. The monoisotopic (exact) mass is 174 g/mol. The van der Waals surface area contributed by atoms with Gasteiger partial charge in [-0.1, -0.05) is 0 Å². The highest BCUT2D eigenvalue weighted by Gasteiger charge is 2.41. The Morgan fingerprint density at radius 1 is 1.55 bits per heavy atom. The fourth-order valence-corrected chi connectivity index (χ4v) is 1.75. The number of hydrogen-bond acceptors (Lipinski definition) is 3. The molecule has 62 valence electrons. The molecule has 1 atom stereocenters. The highest BCUT2D eigenvalue weighted by molar-refractivity contribution is 7.98. The van der Waals surface area contributed by atoms with E-state index in [1.807, 2.05) is 6.26 Å². The summed E-state index contributed by atoms with van der Waals surface area (Å²) in [5.41, 5.74) is -0.712. The Hall–Kier alpha value is -0.710. The van der Waals surface area contributed by atoms with E-state index in [1.165, 1.54) is 11.8 Å². The number of amides is 3. The fraction of sp³-hybridized carbons (Fsp3) is 0.667. The number of carbonyl (C=O) groups is 2. The Kier molecular flexibility index (Phi) is 2.08. The molecule has 1 rings (SSSR count). The molecule has 1 heterocycles. The maximum atomic E-state index is 11.1. The van der Waals surface area contributed by atoms with Gasteiger partial charge in [0.1, 0.15) is 5.54 Å². The standard InChI is InChI=1S/C6H10N2O2S/c1-6(3-11-2)4(9)7-5(10)8-6/h3H2,1-2H3,(H2,7,8,9,10).